The molecule has 5 rings (SSSR count). The molecule has 0 spiro atoms. The highest BCUT2D eigenvalue weighted by atomic mass is 35.5. The molecule has 1 aromatic heterocycles. The first-order valence-electron chi connectivity index (χ1n) is 10.9. The Morgan fingerprint density at radius 3 is 2.53 bits per heavy atom. The normalized spacial score (nSPS) is 15.9. The predicted molar refractivity (Wildman–Crippen MR) is 129 cm³/mol. The number of hydrogen-bond acceptors (Lipinski definition) is 5. The van der Waals surface area contributed by atoms with Crippen molar-refractivity contribution in [3.05, 3.63) is 64.0 Å². The number of anilines is 1. The number of thiophene rings is 1. The van der Waals surface area contributed by atoms with Crippen LogP contribution in [0.15, 0.2) is 48.5 Å². The van der Waals surface area contributed by atoms with Crippen LogP contribution in [0.3, 0.4) is 0 Å². The molecule has 0 N–H and O–H groups in total. The first kappa shape index (κ1) is 21.3. The van der Waals surface area contributed by atoms with Crippen molar-refractivity contribution in [1.82, 2.24) is 4.90 Å². The Morgan fingerprint density at radius 1 is 1.03 bits per heavy atom. The maximum absolute atomic E-state index is 13.1. The molecule has 3 aromatic rings. The fourth-order valence-electron chi connectivity index (χ4n) is 4.29. The molecule has 0 radical (unpaired) electrons. The number of halogens is 1. The van der Waals surface area contributed by atoms with Crippen molar-refractivity contribution in [1.29, 1.82) is 0 Å². The monoisotopic (exact) mass is 468 g/mol. The van der Waals surface area contributed by atoms with Gasteiger partial charge in [-0.1, -0.05) is 23.7 Å². The van der Waals surface area contributed by atoms with E-state index >= 15 is 0 Å². The van der Waals surface area contributed by atoms with Gasteiger partial charge in [0.25, 0.3) is 5.91 Å². The Morgan fingerprint density at radius 2 is 1.81 bits per heavy atom. The van der Waals surface area contributed by atoms with E-state index in [9.17, 15) is 4.79 Å². The number of carbonyl (C=O) groups is 1. The molecule has 1 saturated heterocycles. The van der Waals surface area contributed by atoms with Gasteiger partial charge in [-0.3, -0.25) is 9.69 Å². The zero-order chi connectivity index (χ0) is 22.1. The Hall–Kier alpha value is -2.54. The lowest BCUT2D eigenvalue weighted by Gasteiger charge is -2.19. The second-order valence-corrected chi connectivity index (χ2v) is 9.58. The van der Waals surface area contributed by atoms with Gasteiger partial charge in [0.1, 0.15) is 6.61 Å². The molecule has 2 aliphatic heterocycles. The molecule has 7 heteroatoms. The predicted octanol–water partition coefficient (Wildman–Crippen LogP) is 5.71. The van der Waals surface area contributed by atoms with Crippen LogP contribution in [-0.4, -0.2) is 44.2 Å². The van der Waals surface area contributed by atoms with Gasteiger partial charge in [-0.2, -0.15) is 0 Å². The van der Waals surface area contributed by atoms with Gasteiger partial charge in [-0.15, -0.1) is 11.3 Å². The molecule has 2 aromatic carbocycles. The van der Waals surface area contributed by atoms with E-state index in [0.29, 0.717) is 29.7 Å². The van der Waals surface area contributed by atoms with E-state index < -0.39 is 0 Å². The summed E-state index contributed by atoms with van der Waals surface area (Å²) < 4.78 is 11.5. The van der Waals surface area contributed by atoms with Gasteiger partial charge in [0.2, 0.25) is 0 Å². The van der Waals surface area contributed by atoms with Crippen LogP contribution >= 0.6 is 22.9 Å². The standard InChI is InChI=1S/C25H25ClN2O3S/c1-30-22-15-20(8-9-21(22)31-13-12-27-10-2-3-11-27)28-16-18-14-23(32-24(18)25(28)29)17-4-6-19(26)7-5-17/h4-9,14-15H,2-3,10-13,16H2,1H3. The van der Waals surface area contributed by atoms with E-state index in [2.05, 4.69) is 11.0 Å². The molecule has 0 atom stereocenters. The number of methoxy groups -OCH3 is 1. The number of ether oxygens (including phenoxy) is 2. The summed E-state index contributed by atoms with van der Waals surface area (Å²) >= 11 is 7.53. The number of fused-ring (bicyclic) bond motifs is 1. The van der Waals surface area contributed by atoms with E-state index in [1.807, 2.05) is 42.5 Å². The lowest BCUT2D eigenvalue weighted by molar-refractivity contribution is 0.1000. The summed E-state index contributed by atoms with van der Waals surface area (Å²) in [6.45, 7) is 4.41. The molecule has 2 aliphatic rings. The Balaban J connectivity index is 1.29. The average Bonchev–Trinajstić information content (AvgIpc) is 3.53. The zero-order valence-electron chi connectivity index (χ0n) is 18.0. The van der Waals surface area contributed by atoms with Crippen LogP contribution in [0.25, 0.3) is 10.4 Å². The Labute approximate surface area is 197 Å². The van der Waals surface area contributed by atoms with Crippen LogP contribution in [0.5, 0.6) is 11.5 Å². The minimum atomic E-state index is 0.0231. The highest BCUT2D eigenvalue weighted by Gasteiger charge is 2.32. The smallest absolute Gasteiger partial charge is 0.269 e. The highest BCUT2D eigenvalue weighted by Crippen LogP contribution is 2.40. The van der Waals surface area contributed by atoms with E-state index in [1.54, 1.807) is 12.0 Å². The molecule has 1 amide bonds. The lowest BCUT2D eigenvalue weighted by atomic mass is 10.1. The van der Waals surface area contributed by atoms with Crippen molar-refractivity contribution in [3.8, 4) is 21.9 Å². The number of nitrogens with zero attached hydrogens (tertiary/aromatic N) is 2. The molecule has 0 saturated carbocycles. The Bertz CT molecular complexity index is 1120. The van der Waals surface area contributed by atoms with Crippen LogP contribution in [-0.2, 0) is 6.54 Å². The molecule has 0 aliphatic carbocycles. The van der Waals surface area contributed by atoms with Crippen LogP contribution in [0.1, 0.15) is 28.1 Å². The minimum Gasteiger partial charge on any atom is -0.493 e. The molecule has 3 heterocycles. The first-order chi connectivity index (χ1) is 15.6. The number of rotatable bonds is 7. The molecule has 166 valence electrons. The van der Waals surface area contributed by atoms with Gasteiger partial charge >= 0.3 is 0 Å². The molecule has 0 bridgehead atoms. The topological polar surface area (TPSA) is 42.0 Å². The quantitative estimate of drug-likeness (QED) is 0.445. The van der Waals surface area contributed by atoms with Crippen molar-refractivity contribution >= 4 is 34.5 Å². The van der Waals surface area contributed by atoms with Gasteiger partial charge in [0.05, 0.1) is 18.5 Å². The van der Waals surface area contributed by atoms with E-state index in [4.69, 9.17) is 21.1 Å². The summed E-state index contributed by atoms with van der Waals surface area (Å²) in [5.74, 6) is 1.38. The summed E-state index contributed by atoms with van der Waals surface area (Å²) in [6.07, 6.45) is 2.54. The maximum atomic E-state index is 13.1. The van der Waals surface area contributed by atoms with Crippen molar-refractivity contribution < 1.29 is 14.3 Å². The average molecular weight is 469 g/mol. The van der Waals surface area contributed by atoms with Crippen LogP contribution in [0, 0.1) is 0 Å². The van der Waals surface area contributed by atoms with E-state index in [1.165, 1.54) is 24.2 Å². The summed E-state index contributed by atoms with van der Waals surface area (Å²) in [7, 11) is 1.63. The second-order valence-electron chi connectivity index (χ2n) is 8.10. The third-order valence-corrected chi connectivity index (χ3v) is 7.49. The van der Waals surface area contributed by atoms with Crippen molar-refractivity contribution in [3.63, 3.8) is 0 Å². The number of carbonyl (C=O) groups excluding carboxylic acids is 1. The summed E-state index contributed by atoms with van der Waals surface area (Å²) in [4.78, 5) is 19.2. The fourth-order valence-corrected chi connectivity index (χ4v) is 5.54. The van der Waals surface area contributed by atoms with Gasteiger partial charge in [0, 0.05) is 28.2 Å². The number of hydrogen-bond donors (Lipinski definition) is 0. The molecule has 32 heavy (non-hydrogen) atoms. The SMILES string of the molecule is COc1cc(N2Cc3cc(-c4ccc(Cl)cc4)sc3C2=O)ccc1OCCN1CCCC1. The van der Waals surface area contributed by atoms with Crippen molar-refractivity contribution in [2.45, 2.75) is 19.4 Å². The van der Waals surface area contributed by atoms with Gasteiger partial charge in [-0.25, -0.2) is 0 Å². The number of amides is 1. The molecular formula is C25H25ClN2O3S. The van der Waals surface area contributed by atoms with Gasteiger partial charge in [-0.05, 0) is 67.4 Å². The zero-order valence-corrected chi connectivity index (χ0v) is 19.5. The van der Waals surface area contributed by atoms with Gasteiger partial charge in [0.15, 0.2) is 11.5 Å². The van der Waals surface area contributed by atoms with E-state index in [0.717, 1.165) is 46.2 Å². The lowest BCUT2D eigenvalue weighted by Crippen LogP contribution is -2.25. The van der Waals surface area contributed by atoms with Crippen molar-refractivity contribution in [2.75, 3.05) is 38.3 Å². The van der Waals surface area contributed by atoms with Crippen molar-refractivity contribution in [2.24, 2.45) is 0 Å². The second kappa shape index (κ2) is 9.14. The molecular weight excluding hydrogens is 444 g/mol. The van der Waals surface area contributed by atoms with Crippen LogP contribution in [0.2, 0.25) is 5.02 Å². The van der Waals surface area contributed by atoms with E-state index in [-0.39, 0.29) is 5.91 Å². The third kappa shape index (κ3) is 4.22. The maximum Gasteiger partial charge on any atom is 0.269 e. The molecule has 0 unspecified atom stereocenters. The number of likely N-dealkylation sites (tertiary alicyclic amines) is 1. The Kier molecular flexibility index (Phi) is 6.09. The largest absolute Gasteiger partial charge is 0.493 e. The molecule has 5 nitrogen and oxygen atoms in total. The first-order valence-corrected chi connectivity index (χ1v) is 12.1. The van der Waals surface area contributed by atoms with Crippen LogP contribution in [0.4, 0.5) is 5.69 Å². The summed E-state index contributed by atoms with van der Waals surface area (Å²) in [5.41, 5.74) is 2.94. The highest BCUT2D eigenvalue weighted by molar-refractivity contribution is 7.17. The fraction of sp³-hybridized carbons (Fsp3) is 0.320. The summed E-state index contributed by atoms with van der Waals surface area (Å²) in [6, 6.07) is 15.5. The van der Waals surface area contributed by atoms with Crippen LogP contribution < -0.4 is 14.4 Å². The van der Waals surface area contributed by atoms with Gasteiger partial charge < -0.3 is 14.4 Å². The summed E-state index contributed by atoms with van der Waals surface area (Å²) in [5, 5.41) is 0.706. The minimum absolute atomic E-state index is 0.0231. The third-order valence-electron chi connectivity index (χ3n) is 6.03. The molecule has 1 fully saturated rings. The number of benzene rings is 2.